The lowest BCUT2D eigenvalue weighted by Crippen LogP contribution is -2.41. The van der Waals surface area contributed by atoms with Crippen LogP contribution in [0.2, 0.25) is 0 Å². The number of alkyl halides is 6. The standard InChI is InChI=1S/C26H20F6O7/c1-3-22(33)37-19-9-8-18(23(19)25(27,28)29)36-15-5-4-13-10-17(24(34)38-20(13)12-15)16-7-6-14(35-2)11-21(16)39-26(30,31)32/h3-7,10-12,18-19,23H,1,8-9H2,2H3. The van der Waals surface area contributed by atoms with E-state index >= 15 is 0 Å². The van der Waals surface area contributed by atoms with Gasteiger partial charge in [-0.25, -0.2) is 9.59 Å². The zero-order chi connectivity index (χ0) is 28.5. The molecule has 1 heterocycles. The normalized spacial score (nSPS) is 19.5. The van der Waals surface area contributed by atoms with Crippen LogP contribution in [-0.4, -0.2) is 37.8 Å². The lowest BCUT2D eigenvalue weighted by molar-refractivity contribution is -0.274. The molecule has 1 saturated carbocycles. The molecular weight excluding hydrogens is 538 g/mol. The van der Waals surface area contributed by atoms with Crippen LogP contribution in [-0.2, 0) is 9.53 Å². The van der Waals surface area contributed by atoms with Crippen molar-refractivity contribution in [1.29, 1.82) is 0 Å². The van der Waals surface area contributed by atoms with Crippen molar-refractivity contribution in [1.82, 2.24) is 0 Å². The zero-order valence-corrected chi connectivity index (χ0v) is 20.1. The number of hydrogen-bond acceptors (Lipinski definition) is 7. The Hall–Kier alpha value is -4.16. The highest BCUT2D eigenvalue weighted by Crippen LogP contribution is 2.43. The predicted octanol–water partition coefficient (Wildman–Crippen LogP) is 6.18. The summed E-state index contributed by atoms with van der Waals surface area (Å²) in [6, 6.07) is 8.63. The molecule has 3 atom stereocenters. The van der Waals surface area contributed by atoms with Crippen LogP contribution < -0.4 is 19.8 Å². The second kappa shape index (κ2) is 10.5. The molecule has 0 bridgehead atoms. The van der Waals surface area contributed by atoms with Gasteiger partial charge < -0.3 is 23.4 Å². The molecule has 1 aliphatic carbocycles. The van der Waals surface area contributed by atoms with Gasteiger partial charge in [0, 0.05) is 29.2 Å². The average Bonchev–Trinajstić information content (AvgIpc) is 3.24. The molecule has 1 aliphatic rings. The van der Waals surface area contributed by atoms with Crippen molar-refractivity contribution in [2.24, 2.45) is 5.92 Å². The summed E-state index contributed by atoms with van der Waals surface area (Å²) < 4.78 is 105. The van der Waals surface area contributed by atoms with Crippen LogP contribution >= 0.6 is 0 Å². The third kappa shape index (κ3) is 6.29. The Bertz CT molecular complexity index is 1440. The van der Waals surface area contributed by atoms with E-state index < -0.39 is 48.0 Å². The summed E-state index contributed by atoms with van der Waals surface area (Å²) >= 11 is 0. The van der Waals surface area contributed by atoms with Crippen molar-refractivity contribution in [2.75, 3.05) is 7.11 Å². The lowest BCUT2D eigenvalue weighted by atomic mass is 10.0. The van der Waals surface area contributed by atoms with E-state index in [1.54, 1.807) is 0 Å². The number of esters is 1. The van der Waals surface area contributed by atoms with Gasteiger partial charge in [0.05, 0.1) is 12.7 Å². The molecule has 0 amide bonds. The van der Waals surface area contributed by atoms with Crippen molar-refractivity contribution < 1.29 is 54.5 Å². The molecule has 39 heavy (non-hydrogen) atoms. The van der Waals surface area contributed by atoms with Gasteiger partial charge in [-0.05, 0) is 43.2 Å². The minimum absolute atomic E-state index is 0.0514. The molecule has 0 saturated heterocycles. The number of carbonyl (C=O) groups is 1. The molecule has 4 rings (SSSR count). The maximum atomic E-state index is 13.8. The van der Waals surface area contributed by atoms with E-state index in [0.717, 1.165) is 12.1 Å². The highest BCUT2D eigenvalue weighted by atomic mass is 19.4. The Morgan fingerprint density at radius 3 is 2.31 bits per heavy atom. The number of hydrogen-bond donors (Lipinski definition) is 0. The number of benzene rings is 2. The van der Waals surface area contributed by atoms with Gasteiger partial charge in [0.1, 0.15) is 41.0 Å². The van der Waals surface area contributed by atoms with Crippen LogP contribution in [0.4, 0.5) is 26.3 Å². The van der Waals surface area contributed by atoms with Gasteiger partial charge in [-0.15, -0.1) is 13.2 Å². The molecule has 13 heteroatoms. The average molecular weight is 558 g/mol. The number of fused-ring (bicyclic) bond motifs is 1. The maximum absolute atomic E-state index is 13.8. The quantitative estimate of drug-likeness (QED) is 0.148. The van der Waals surface area contributed by atoms with E-state index in [9.17, 15) is 35.9 Å². The molecule has 1 fully saturated rings. The third-order valence-corrected chi connectivity index (χ3v) is 6.05. The van der Waals surface area contributed by atoms with Gasteiger partial charge in [0.2, 0.25) is 0 Å². The summed E-state index contributed by atoms with van der Waals surface area (Å²) in [7, 11) is 1.24. The number of halogens is 6. The Balaban J connectivity index is 1.65. The first-order valence-corrected chi connectivity index (χ1v) is 11.4. The minimum Gasteiger partial charge on any atom is -0.497 e. The monoisotopic (exact) mass is 558 g/mol. The molecule has 0 radical (unpaired) electrons. The molecule has 208 valence electrons. The summed E-state index contributed by atoms with van der Waals surface area (Å²) in [5, 5.41) is 0.252. The fraction of sp³-hybridized carbons (Fsp3) is 0.308. The predicted molar refractivity (Wildman–Crippen MR) is 124 cm³/mol. The van der Waals surface area contributed by atoms with Crippen LogP contribution in [0.1, 0.15) is 12.8 Å². The molecule has 2 aromatic carbocycles. The summed E-state index contributed by atoms with van der Waals surface area (Å²) in [6.45, 7) is 3.18. The van der Waals surface area contributed by atoms with Crippen LogP contribution in [0.3, 0.4) is 0 Å². The zero-order valence-electron chi connectivity index (χ0n) is 20.1. The largest absolute Gasteiger partial charge is 0.573 e. The van der Waals surface area contributed by atoms with E-state index in [4.69, 9.17) is 18.6 Å². The molecule has 3 aromatic rings. The van der Waals surface area contributed by atoms with Gasteiger partial charge in [-0.3, -0.25) is 0 Å². The fourth-order valence-corrected chi connectivity index (χ4v) is 4.40. The van der Waals surface area contributed by atoms with Crippen LogP contribution in [0.25, 0.3) is 22.1 Å². The summed E-state index contributed by atoms with van der Waals surface area (Å²) in [4.78, 5) is 24.2. The van der Waals surface area contributed by atoms with E-state index in [2.05, 4.69) is 11.3 Å². The Kier molecular flexibility index (Phi) is 7.53. The minimum atomic E-state index is -5.05. The van der Waals surface area contributed by atoms with Crippen molar-refractivity contribution in [3.63, 3.8) is 0 Å². The van der Waals surface area contributed by atoms with E-state index in [1.165, 1.54) is 43.5 Å². The van der Waals surface area contributed by atoms with E-state index in [0.29, 0.717) is 0 Å². The van der Waals surface area contributed by atoms with Crippen molar-refractivity contribution in [3.8, 4) is 28.4 Å². The summed E-state index contributed by atoms with van der Waals surface area (Å²) in [6.07, 6.45) is -12.0. The van der Waals surface area contributed by atoms with Crippen molar-refractivity contribution in [2.45, 2.75) is 37.6 Å². The van der Waals surface area contributed by atoms with Crippen LogP contribution in [0, 0.1) is 5.92 Å². The highest BCUT2D eigenvalue weighted by molar-refractivity contribution is 5.84. The van der Waals surface area contributed by atoms with Gasteiger partial charge in [0.15, 0.2) is 0 Å². The molecule has 0 N–H and O–H groups in total. The van der Waals surface area contributed by atoms with Crippen molar-refractivity contribution in [3.05, 3.63) is 65.5 Å². The second-order valence-corrected chi connectivity index (χ2v) is 8.54. The lowest BCUT2D eigenvalue weighted by Gasteiger charge is -2.27. The first-order valence-electron chi connectivity index (χ1n) is 11.4. The van der Waals surface area contributed by atoms with E-state index in [1.807, 2.05) is 0 Å². The second-order valence-electron chi connectivity index (χ2n) is 8.54. The Morgan fingerprint density at radius 1 is 0.974 bits per heavy atom. The SMILES string of the molecule is C=CC(=O)OC1CCC(Oc2ccc3cc(-c4ccc(OC)cc4OC(F)(F)F)c(=O)oc3c2)C1C(F)(F)F. The Morgan fingerprint density at radius 2 is 1.67 bits per heavy atom. The molecule has 7 nitrogen and oxygen atoms in total. The highest BCUT2D eigenvalue weighted by Gasteiger charge is 2.55. The maximum Gasteiger partial charge on any atom is 0.573 e. The first-order chi connectivity index (χ1) is 18.3. The third-order valence-electron chi connectivity index (χ3n) is 6.05. The van der Waals surface area contributed by atoms with Crippen molar-refractivity contribution >= 4 is 16.9 Å². The smallest absolute Gasteiger partial charge is 0.497 e. The molecule has 1 aromatic heterocycles. The first kappa shape index (κ1) is 27.9. The van der Waals surface area contributed by atoms with Gasteiger partial charge >= 0.3 is 24.1 Å². The molecule has 0 aliphatic heterocycles. The summed E-state index contributed by atoms with van der Waals surface area (Å²) in [5.41, 5.74) is -1.58. The molecule has 0 spiro atoms. The van der Waals surface area contributed by atoms with Gasteiger partial charge in [-0.2, -0.15) is 13.2 Å². The van der Waals surface area contributed by atoms with Gasteiger partial charge in [-0.1, -0.05) is 6.58 Å². The van der Waals surface area contributed by atoms with E-state index in [-0.39, 0.29) is 46.4 Å². The fourth-order valence-electron chi connectivity index (χ4n) is 4.40. The number of carbonyl (C=O) groups excluding carboxylic acids is 1. The van der Waals surface area contributed by atoms with Crippen LogP contribution in [0.15, 0.2) is 64.3 Å². The Labute approximate surface area is 216 Å². The summed E-state index contributed by atoms with van der Waals surface area (Å²) in [5.74, 6) is -3.79. The number of methoxy groups -OCH3 is 1. The van der Waals surface area contributed by atoms with Gasteiger partial charge in [0.25, 0.3) is 0 Å². The topological polar surface area (TPSA) is 84.2 Å². The number of ether oxygens (including phenoxy) is 4. The number of rotatable bonds is 7. The van der Waals surface area contributed by atoms with Crippen LogP contribution in [0.5, 0.6) is 17.2 Å². The molecular formula is C26H20F6O7. The molecule has 3 unspecified atom stereocenters.